The van der Waals surface area contributed by atoms with Gasteiger partial charge in [0.05, 0.1) is 0 Å². The molecule has 0 aliphatic carbocycles. The van der Waals surface area contributed by atoms with Crippen molar-refractivity contribution in [3.63, 3.8) is 0 Å². The van der Waals surface area contributed by atoms with Gasteiger partial charge in [0.25, 0.3) is 0 Å². The van der Waals surface area contributed by atoms with Crippen LogP contribution in [-0.2, 0) is 0 Å². The normalized spacial score (nSPS) is 11.9. The number of hydrogen-bond donors (Lipinski definition) is 2. The molecule has 0 fully saturated rings. The summed E-state index contributed by atoms with van der Waals surface area (Å²) < 4.78 is 0. The molecule has 4 heteroatoms. The van der Waals surface area contributed by atoms with Crippen LogP contribution in [0, 0.1) is 0 Å². The van der Waals surface area contributed by atoms with Crippen LogP contribution in [0.3, 0.4) is 0 Å². The molecule has 0 aliphatic rings. The average molecular weight is 250 g/mol. The minimum atomic E-state index is -2.42. The number of rotatable bonds is 3. The molecule has 8 heavy (non-hydrogen) atoms. The van der Waals surface area contributed by atoms with Gasteiger partial charge in [-0.1, -0.05) is 0 Å². The Morgan fingerprint density at radius 3 is 2.12 bits per heavy atom. The van der Waals surface area contributed by atoms with E-state index in [0.717, 1.165) is 12.8 Å². The van der Waals surface area contributed by atoms with Gasteiger partial charge in [-0.3, -0.25) is 0 Å². The molecule has 0 bridgehead atoms. The SMILES string of the molecule is CCCCP(O)(O)=[Te]. The van der Waals surface area contributed by atoms with Crippen LogP contribution in [0.4, 0.5) is 0 Å². The zero-order valence-electron chi connectivity index (χ0n) is 4.87. The van der Waals surface area contributed by atoms with Crippen LogP contribution in [0.15, 0.2) is 0 Å². The summed E-state index contributed by atoms with van der Waals surface area (Å²) in [4.78, 5) is 15.2. The molecule has 0 radical (unpaired) electrons. The van der Waals surface area contributed by atoms with E-state index in [1.807, 2.05) is 6.92 Å². The van der Waals surface area contributed by atoms with Gasteiger partial charge in [0.2, 0.25) is 0 Å². The predicted octanol–water partition coefficient (Wildman–Crippen LogP) is 0.702. The molecule has 0 aromatic carbocycles. The Hall–Kier alpha value is 1.14. The van der Waals surface area contributed by atoms with Crippen LogP contribution >= 0.6 is 4.94 Å². The van der Waals surface area contributed by atoms with Crippen molar-refractivity contribution in [1.29, 1.82) is 0 Å². The monoisotopic (exact) mass is 252 g/mol. The van der Waals surface area contributed by atoms with E-state index < -0.39 is 4.94 Å². The second-order valence-electron chi connectivity index (χ2n) is 1.74. The molecule has 0 saturated heterocycles. The zero-order chi connectivity index (χ0) is 6.62. The van der Waals surface area contributed by atoms with Crippen molar-refractivity contribution < 1.29 is 9.79 Å². The fraction of sp³-hybridized carbons (Fsp3) is 1.00. The molecular formula is C4H11O2PTe. The van der Waals surface area contributed by atoms with E-state index in [1.165, 1.54) is 21.2 Å². The molecule has 0 unspecified atom stereocenters. The number of hydrogen-bond acceptors (Lipinski definition) is 2. The Morgan fingerprint density at radius 2 is 2.00 bits per heavy atom. The van der Waals surface area contributed by atoms with Gasteiger partial charge in [-0.2, -0.15) is 0 Å². The van der Waals surface area contributed by atoms with Crippen molar-refractivity contribution in [3.05, 3.63) is 0 Å². The van der Waals surface area contributed by atoms with E-state index in [9.17, 15) is 0 Å². The maximum atomic E-state index is 8.82. The fourth-order valence-electron chi connectivity index (χ4n) is 0.364. The summed E-state index contributed by atoms with van der Waals surface area (Å²) in [5.74, 6) is 0. The standard InChI is InChI=1S/C4H11O2PTe/c1-2-3-4-7(5,6)8/h2-4H2,1H3,(H2,5,6,8). The summed E-state index contributed by atoms with van der Waals surface area (Å²) in [7, 11) is 0. The Balaban J connectivity index is 3.26. The van der Waals surface area contributed by atoms with Crippen LogP contribution in [0.25, 0.3) is 0 Å². The molecule has 0 atom stereocenters. The molecule has 0 amide bonds. The summed E-state index contributed by atoms with van der Waals surface area (Å²) in [5.41, 5.74) is 0. The van der Waals surface area contributed by atoms with Crippen molar-refractivity contribution in [2.45, 2.75) is 19.8 Å². The van der Waals surface area contributed by atoms with Gasteiger partial charge in [0.15, 0.2) is 0 Å². The summed E-state index contributed by atoms with van der Waals surface area (Å²) in [5, 5.41) is 0. The van der Waals surface area contributed by atoms with E-state index in [2.05, 4.69) is 0 Å². The first-order valence-electron chi connectivity index (χ1n) is 2.61. The molecule has 0 saturated carbocycles. The van der Waals surface area contributed by atoms with Crippen LogP contribution in [0.2, 0.25) is 0 Å². The zero-order valence-corrected chi connectivity index (χ0v) is 8.10. The van der Waals surface area contributed by atoms with Crippen molar-refractivity contribution in [3.8, 4) is 0 Å². The van der Waals surface area contributed by atoms with E-state index in [4.69, 9.17) is 9.79 Å². The second-order valence-corrected chi connectivity index (χ2v) is 8.53. The van der Waals surface area contributed by atoms with Crippen LogP contribution in [-0.4, -0.2) is 37.2 Å². The molecule has 0 aliphatic heterocycles. The minimum absolute atomic E-state index is 0.591. The van der Waals surface area contributed by atoms with Crippen molar-refractivity contribution in [1.82, 2.24) is 0 Å². The van der Waals surface area contributed by atoms with Gasteiger partial charge in [-0.15, -0.1) is 0 Å². The van der Waals surface area contributed by atoms with Crippen LogP contribution in [0.5, 0.6) is 0 Å². The van der Waals surface area contributed by atoms with Crippen molar-refractivity contribution in [2.75, 3.05) is 6.16 Å². The molecule has 50 valence electrons. The van der Waals surface area contributed by atoms with Crippen molar-refractivity contribution >= 4 is 26.2 Å². The molecule has 0 aromatic rings. The quantitative estimate of drug-likeness (QED) is 0.571. The van der Waals surface area contributed by atoms with Crippen molar-refractivity contribution in [2.24, 2.45) is 0 Å². The topological polar surface area (TPSA) is 40.5 Å². The molecular weight excluding hydrogens is 239 g/mol. The average Bonchev–Trinajstić information content (AvgIpc) is 1.59. The van der Waals surface area contributed by atoms with Gasteiger partial charge < -0.3 is 0 Å². The molecule has 0 spiro atoms. The van der Waals surface area contributed by atoms with Gasteiger partial charge in [0, 0.05) is 0 Å². The Labute approximate surface area is 62.1 Å². The summed E-state index contributed by atoms with van der Waals surface area (Å²) >= 11 is 1.45. The Bertz CT molecular complexity index is 98.2. The predicted molar refractivity (Wildman–Crippen MR) is 36.9 cm³/mol. The molecule has 2 nitrogen and oxygen atoms in total. The van der Waals surface area contributed by atoms with E-state index >= 15 is 0 Å². The van der Waals surface area contributed by atoms with Gasteiger partial charge in [-0.25, -0.2) is 0 Å². The maximum absolute atomic E-state index is 8.82. The summed E-state index contributed by atoms with van der Waals surface area (Å²) in [6.45, 7) is 2.04. The van der Waals surface area contributed by atoms with E-state index in [1.54, 1.807) is 0 Å². The van der Waals surface area contributed by atoms with Gasteiger partial charge in [0.1, 0.15) is 0 Å². The fourth-order valence-corrected chi connectivity index (χ4v) is 2.20. The number of unbranched alkanes of at least 4 members (excludes halogenated alkanes) is 1. The molecule has 0 rings (SSSR count). The second kappa shape index (κ2) is 4.04. The first-order chi connectivity index (χ1) is 3.56. The molecule has 0 heterocycles. The third-order valence-corrected chi connectivity index (χ3v) is 3.27. The van der Waals surface area contributed by atoms with Gasteiger partial charge >= 0.3 is 61.9 Å². The van der Waals surface area contributed by atoms with Crippen LogP contribution < -0.4 is 0 Å². The Morgan fingerprint density at radius 1 is 1.50 bits per heavy atom. The first-order valence-corrected chi connectivity index (χ1v) is 7.53. The van der Waals surface area contributed by atoms with Gasteiger partial charge in [-0.05, 0) is 0 Å². The molecule has 0 aromatic heterocycles. The summed E-state index contributed by atoms with van der Waals surface area (Å²) in [6.07, 6.45) is 2.56. The Kier molecular flexibility index (Phi) is 4.61. The molecule has 2 N–H and O–H groups in total. The van der Waals surface area contributed by atoms with E-state index in [-0.39, 0.29) is 0 Å². The first kappa shape index (κ1) is 9.14. The third-order valence-electron chi connectivity index (χ3n) is 0.803. The van der Waals surface area contributed by atoms with E-state index in [0.29, 0.717) is 6.16 Å². The van der Waals surface area contributed by atoms with Crippen LogP contribution in [0.1, 0.15) is 19.8 Å². The summed E-state index contributed by atoms with van der Waals surface area (Å²) in [6, 6.07) is 0. The third kappa shape index (κ3) is 7.14.